The Hall–Kier alpha value is -0.180. The fourth-order valence-corrected chi connectivity index (χ4v) is 3.73. The van der Waals surface area contributed by atoms with Gasteiger partial charge in [-0.05, 0) is 12.8 Å². The second-order valence-corrected chi connectivity index (χ2v) is 6.47. The van der Waals surface area contributed by atoms with Crippen molar-refractivity contribution in [3.63, 3.8) is 0 Å². The van der Waals surface area contributed by atoms with Gasteiger partial charge in [0.15, 0.2) is 9.84 Å². The summed E-state index contributed by atoms with van der Waals surface area (Å²) in [5.41, 5.74) is 0. The van der Waals surface area contributed by atoms with Gasteiger partial charge in [0.1, 0.15) is 5.25 Å². The Bertz CT molecular complexity index is 428. The lowest BCUT2D eigenvalue weighted by atomic mass is 10.2. The zero-order valence-corrected chi connectivity index (χ0v) is 10.3. The molecule has 1 saturated heterocycles. The van der Waals surface area contributed by atoms with Crippen molar-refractivity contribution in [1.29, 1.82) is 0 Å². The van der Waals surface area contributed by atoms with Gasteiger partial charge in [0.2, 0.25) is 5.89 Å². The summed E-state index contributed by atoms with van der Waals surface area (Å²) in [5, 5.41) is 6.82. The molecule has 2 rings (SSSR count). The molecule has 0 spiro atoms. The molecule has 1 aliphatic rings. The summed E-state index contributed by atoms with van der Waals surface area (Å²) in [6.07, 6.45) is 2.24. The van der Waals surface area contributed by atoms with E-state index in [9.17, 15) is 8.42 Å². The Labute approximate surface area is 95.3 Å². The van der Waals surface area contributed by atoms with E-state index in [1.807, 2.05) is 22.6 Å². The quantitative estimate of drug-likeness (QED) is 0.727. The van der Waals surface area contributed by atoms with E-state index in [2.05, 4.69) is 10.2 Å². The van der Waals surface area contributed by atoms with Crippen LogP contribution in [0.5, 0.6) is 0 Å². The van der Waals surface area contributed by atoms with Crippen molar-refractivity contribution in [2.45, 2.75) is 24.5 Å². The number of hydrogen-bond acceptors (Lipinski definition) is 5. The zero-order chi connectivity index (χ0) is 10.2. The third-order valence-electron chi connectivity index (χ3n) is 2.27. The molecule has 7 heteroatoms. The minimum atomic E-state index is -3.06. The fourth-order valence-electron chi connectivity index (χ4n) is 1.58. The molecule has 0 aliphatic carbocycles. The van der Waals surface area contributed by atoms with Gasteiger partial charge in [-0.15, -0.1) is 10.2 Å². The van der Waals surface area contributed by atoms with E-state index in [4.69, 9.17) is 4.42 Å². The summed E-state index contributed by atoms with van der Waals surface area (Å²) in [5.74, 6) is 0.477. The predicted octanol–water partition coefficient (Wildman–Crippen LogP) is 1.31. The molecule has 1 unspecified atom stereocenters. The van der Waals surface area contributed by atoms with Gasteiger partial charge >= 0.3 is 0 Å². The molecule has 1 atom stereocenters. The van der Waals surface area contributed by atoms with Crippen LogP contribution in [0.25, 0.3) is 0 Å². The van der Waals surface area contributed by atoms with Crippen molar-refractivity contribution in [3.8, 4) is 0 Å². The van der Waals surface area contributed by atoms with Crippen molar-refractivity contribution in [2.75, 3.05) is 5.75 Å². The molecule has 14 heavy (non-hydrogen) atoms. The molecule has 1 fully saturated rings. The van der Waals surface area contributed by atoms with Crippen molar-refractivity contribution in [2.24, 2.45) is 0 Å². The molecule has 1 aromatic rings. The largest absolute Gasteiger partial charge is 0.415 e. The van der Waals surface area contributed by atoms with Gasteiger partial charge in [-0.2, -0.15) is 0 Å². The first-order chi connectivity index (χ1) is 6.59. The highest BCUT2D eigenvalue weighted by Gasteiger charge is 2.34. The first kappa shape index (κ1) is 10.3. The highest BCUT2D eigenvalue weighted by atomic mass is 127. The van der Waals surface area contributed by atoms with Crippen molar-refractivity contribution >= 4 is 32.4 Å². The molecule has 1 aromatic heterocycles. The molecule has 2 heterocycles. The van der Waals surface area contributed by atoms with E-state index in [1.54, 1.807) is 0 Å². The summed E-state index contributed by atoms with van der Waals surface area (Å²) in [6.45, 7) is 0. The SMILES string of the molecule is O=S1(=O)CCCCC1c1nnc(I)o1. The maximum Gasteiger partial charge on any atom is 0.278 e. The standard InChI is InChI=1S/C7H9IN2O3S/c8-7-10-9-6(13-7)5-3-1-2-4-14(5,11)12/h5H,1-4H2. The van der Waals surface area contributed by atoms with Gasteiger partial charge in [0.05, 0.1) is 5.75 Å². The van der Waals surface area contributed by atoms with Crippen molar-refractivity contribution in [3.05, 3.63) is 9.79 Å². The van der Waals surface area contributed by atoms with Crippen LogP contribution in [-0.2, 0) is 9.84 Å². The maximum atomic E-state index is 11.7. The van der Waals surface area contributed by atoms with Gasteiger partial charge in [-0.1, -0.05) is 6.42 Å². The average Bonchev–Trinajstić information content (AvgIpc) is 2.51. The van der Waals surface area contributed by atoms with Crippen LogP contribution in [0.1, 0.15) is 30.4 Å². The molecular weight excluding hydrogens is 319 g/mol. The van der Waals surface area contributed by atoms with E-state index < -0.39 is 15.1 Å². The third-order valence-corrected chi connectivity index (χ3v) is 4.87. The molecule has 0 bridgehead atoms. The zero-order valence-electron chi connectivity index (χ0n) is 7.31. The van der Waals surface area contributed by atoms with Crippen LogP contribution >= 0.6 is 22.6 Å². The number of nitrogens with zero attached hydrogens (tertiary/aromatic N) is 2. The highest BCUT2D eigenvalue weighted by molar-refractivity contribution is 14.1. The minimum Gasteiger partial charge on any atom is -0.415 e. The summed E-state index contributed by atoms with van der Waals surface area (Å²) in [6, 6.07) is 0. The molecule has 0 radical (unpaired) electrons. The van der Waals surface area contributed by atoms with Gasteiger partial charge in [0.25, 0.3) is 3.90 Å². The van der Waals surface area contributed by atoms with E-state index in [-0.39, 0.29) is 11.6 Å². The van der Waals surface area contributed by atoms with Crippen LogP contribution < -0.4 is 0 Å². The van der Waals surface area contributed by atoms with Crippen LogP contribution in [0.3, 0.4) is 0 Å². The monoisotopic (exact) mass is 328 g/mol. The number of aromatic nitrogens is 2. The van der Waals surface area contributed by atoms with Gasteiger partial charge < -0.3 is 4.42 Å². The summed E-state index contributed by atoms with van der Waals surface area (Å²) in [7, 11) is -3.06. The Morgan fingerprint density at radius 2 is 2.14 bits per heavy atom. The maximum absolute atomic E-state index is 11.7. The lowest BCUT2D eigenvalue weighted by Gasteiger charge is -2.18. The molecule has 1 aliphatic heterocycles. The topological polar surface area (TPSA) is 73.1 Å². The number of sulfone groups is 1. The number of halogens is 1. The Morgan fingerprint density at radius 1 is 1.36 bits per heavy atom. The Morgan fingerprint density at radius 3 is 2.71 bits per heavy atom. The number of rotatable bonds is 1. The highest BCUT2D eigenvalue weighted by Crippen LogP contribution is 2.32. The minimum absolute atomic E-state index is 0.233. The lowest BCUT2D eigenvalue weighted by molar-refractivity contribution is 0.436. The summed E-state index contributed by atoms with van der Waals surface area (Å²) < 4.78 is 28.9. The first-order valence-corrected chi connectivity index (χ1v) is 7.09. The fraction of sp³-hybridized carbons (Fsp3) is 0.714. The van der Waals surface area contributed by atoms with Crippen LogP contribution in [-0.4, -0.2) is 24.4 Å². The van der Waals surface area contributed by atoms with E-state index >= 15 is 0 Å². The Balaban J connectivity index is 2.33. The third kappa shape index (κ3) is 1.92. The van der Waals surface area contributed by atoms with Crippen LogP contribution in [0.4, 0.5) is 0 Å². The molecule has 0 amide bonds. The van der Waals surface area contributed by atoms with E-state index in [1.165, 1.54) is 0 Å². The second kappa shape index (κ2) is 3.76. The van der Waals surface area contributed by atoms with Gasteiger partial charge in [0, 0.05) is 22.6 Å². The van der Waals surface area contributed by atoms with E-state index in [0.29, 0.717) is 10.3 Å². The molecule has 0 saturated carbocycles. The molecule has 78 valence electrons. The smallest absolute Gasteiger partial charge is 0.278 e. The molecule has 0 N–H and O–H groups in total. The molecule has 0 aromatic carbocycles. The van der Waals surface area contributed by atoms with Gasteiger partial charge in [-0.3, -0.25) is 0 Å². The molecule has 5 nitrogen and oxygen atoms in total. The summed E-state index contributed by atoms with van der Waals surface area (Å²) >= 11 is 1.87. The van der Waals surface area contributed by atoms with Crippen molar-refractivity contribution in [1.82, 2.24) is 10.2 Å². The summed E-state index contributed by atoms with van der Waals surface area (Å²) in [4.78, 5) is 0. The van der Waals surface area contributed by atoms with Crippen molar-refractivity contribution < 1.29 is 12.8 Å². The first-order valence-electron chi connectivity index (χ1n) is 4.30. The van der Waals surface area contributed by atoms with Gasteiger partial charge in [-0.25, -0.2) is 8.42 Å². The lowest BCUT2D eigenvalue weighted by Crippen LogP contribution is -2.21. The Kier molecular flexibility index (Phi) is 2.78. The van der Waals surface area contributed by atoms with E-state index in [0.717, 1.165) is 12.8 Å². The average molecular weight is 328 g/mol. The van der Waals surface area contributed by atoms with Crippen LogP contribution in [0.2, 0.25) is 0 Å². The normalized spacial score (nSPS) is 26.2. The van der Waals surface area contributed by atoms with Crippen LogP contribution in [0, 0.1) is 3.90 Å². The second-order valence-electron chi connectivity index (χ2n) is 3.24. The predicted molar refractivity (Wildman–Crippen MR) is 57.4 cm³/mol. The molecular formula is C7H9IN2O3S. The number of hydrogen-bond donors (Lipinski definition) is 0. The van der Waals surface area contributed by atoms with Crippen LogP contribution in [0.15, 0.2) is 4.42 Å².